The van der Waals surface area contributed by atoms with Crippen LogP contribution in [0.3, 0.4) is 0 Å². The van der Waals surface area contributed by atoms with Crippen LogP contribution in [0.1, 0.15) is 34.7 Å². The summed E-state index contributed by atoms with van der Waals surface area (Å²) in [6, 6.07) is 5.89. The number of benzene rings is 1. The van der Waals surface area contributed by atoms with Gasteiger partial charge >= 0.3 is 5.97 Å². The van der Waals surface area contributed by atoms with Crippen LogP contribution in [0.25, 0.3) is 0 Å². The van der Waals surface area contributed by atoms with Gasteiger partial charge in [-0.25, -0.2) is 14.8 Å². The van der Waals surface area contributed by atoms with Gasteiger partial charge in [0.15, 0.2) is 0 Å². The van der Waals surface area contributed by atoms with E-state index in [1.54, 1.807) is 5.38 Å². The molecule has 2 heterocycles. The number of amides is 2. The number of nitrogens with one attached hydrogen (secondary N) is 1. The van der Waals surface area contributed by atoms with Crippen LogP contribution in [0, 0.1) is 13.8 Å². The van der Waals surface area contributed by atoms with E-state index in [4.69, 9.17) is 4.74 Å². The van der Waals surface area contributed by atoms with Crippen molar-refractivity contribution in [3.8, 4) is 0 Å². The van der Waals surface area contributed by atoms with Crippen LogP contribution >= 0.6 is 11.3 Å². The molecular formula is C20H22N4O4S. The number of aryl methyl sites for hydroxylation is 2. The minimum Gasteiger partial charge on any atom is -0.455 e. The normalized spacial score (nSPS) is 13.8. The Bertz CT molecular complexity index is 983. The highest BCUT2D eigenvalue weighted by Gasteiger charge is 2.23. The fourth-order valence-electron chi connectivity index (χ4n) is 2.74. The van der Waals surface area contributed by atoms with Crippen molar-refractivity contribution in [2.45, 2.75) is 39.7 Å². The number of esters is 1. The van der Waals surface area contributed by atoms with Gasteiger partial charge in [-0.15, -0.1) is 11.3 Å². The molecule has 8 nitrogen and oxygen atoms in total. The van der Waals surface area contributed by atoms with Gasteiger partial charge < -0.3 is 10.1 Å². The first kappa shape index (κ1) is 20.7. The summed E-state index contributed by atoms with van der Waals surface area (Å²) in [6.45, 7) is 3.90. The predicted octanol–water partition coefficient (Wildman–Crippen LogP) is 2.59. The minimum absolute atomic E-state index is 0.00930. The molecule has 2 aromatic rings. The van der Waals surface area contributed by atoms with Crippen LogP contribution in [0.5, 0.6) is 0 Å². The maximum Gasteiger partial charge on any atom is 0.354 e. The molecular weight excluding hydrogens is 392 g/mol. The zero-order valence-electron chi connectivity index (χ0n) is 16.5. The molecule has 0 bridgehead atoms. The number of thiazole rings is 1. The lowest BCUT2D eigenvalue weighted by Gasteiger charge is -2.18. The Morgan fingerprint density at radius 2 is 2.07 bits per heavy atom. The molecule has 0 unspecified atom stereocenters. The molecule has 0 atom stereocenters. The lowest BCUT2D eigenvalue weighted by atomic mass is 10.1. The summed E-state index contributed by atoms with van der Waals surface area (Å²) >= 11 is 1.34. The van der Waals surface area contributed by atoms with E-state index in [1.807, 2.05) is 32.0 Å². The maximum atomic E-state index is 12.3. The summed E-state index contributed by atoms with van der Waals surface area (Å²) < 4.78 is 5.23. The first-order valence-electron chi connectivity index (χ1n) is 9.13. The molecule has 152 valence electrons. The zero-order chi connectivity index (χ0) is 21.0. The fraction of sp³-hybridized carbons (Fsp3) is 0.350. The van der Waals surface area contributed by atoms with Gasteiger partial charge in [0.25, 0.3) is 0 Å². The molecule has 1 N–H and O–H groups in total. The fourth-order valence-corrected chi connectivity index (χ4v) is 3.52. The molecule has 1 aliphatic rings. The third-order valence-electron chi connectivity index (χ3n) is 4.37. The number of carbonyl (C=O) groups excluding carboxylic acids is 3. The molecule has 3 rings (SSSR count). The van der Waals surface area contributed by atoms with E-state index in [0.717, 1.165) is 21.8 Å². The molecule has 0 aliphatic carbocycles. The molecule has 0 saturated carbocycles. The van der Waals surface area contributed by atoms with Crippen LogP contribution in [-0.2, 0) is 32.1 Å². The van der Waals surface area contributed by atoms with E-state index >= 15 is 0 Å². The SMILES string of the molecule is Cc1ccc(C)c(NC(=O)Cc2nc(COC(=O)C3=NN(C)C(=O)CC3)cs2)c1. The Kier molecular flexibility index (Phi) is 6.38. The highest BCUT2D eigenvalue weighted by atomic mass is 32.1. The summed E-state index contributed by atoms with van der Waals surface area (Å²) in [5.74, 6) is -0.850. The maximum absolute atomic E-state index is 12.3. The number of hydrazone groups is 1. The van der Waals surface area contributed by atoms with Gasteiger partial charge in [0.2, 0.25) is 11.8 Å². The van der Waals surface area contributed by atoms with Crippen molar-refractivity contribution in [2.75, 3.05) is 12.4 Å². The van der Waals surface area contributed by atoms with Gasteiger partial charge in [0, 0.05) is 31.0 Å². The lowest BCUT2D eigenvalue weighted by Crippen LogP contribution is -2.32. The number of hydrogen-bond acceptors (Lipinski definition) is 7. The highest BCUT2D eigenvalue weighted by molar-refractivity contribution is 7.09. The number of rotatable bonds is 6. The van der Waals surface area contributed by atoms with Crippen LogP contribution in [0.4, 0.5) is 5.69 Å². The van der Waals surface area contributed by atoms with E-state index in [0.29, 0.717) is 10.7 Å². The number of nitrogens with zero attached hydrogens (tertiary/aromatic N) is 3. The molecule has 1 aromatic heterocycles. The number of carbonyl (C=O) groups is 3. The molecule has 1 aromatic carbocycles. The largest absolute Gasteiger partial charge is 0.455 e. The quantitative estimate of drug-likeness (QED) is 0.732. The molecule has 9 heteroatoms. The number of aromatic nitrogens is 1. The van der Waals surface area contributed by atoms with Crippen LogP contribution < -0.4 is 5.32 Å². The average Bonchev–Trinajstić information content (AvgIpc) is 3.12. The van der Waals surface area contributed by atoms with Gasteiger partial charge in [0.1, 0.15) is 17.3 Å². The first-order valence-corrected chi connectivity index (χ1v) is 10.0. The summed E-state index contributed by atoms with van der Waals surface area (Å²) in [6.07, 6.45) is 0.648. The lowest BCUT2D eigenvalue weighted by molar-refractivity contribution is -0.137. The van der Waals surface area contributed by atoms with Gasteiger partial charge in [0.05, 0.1) is 12.1 Å². The molecule has 0 saturated heterocycles. The van der Waals surface area contributed by atoms with Crippen LogP contribution in [0.2, 0.25) is 0 Å². The molecule has 0 radical (unpaired) electrons. The summed E-state index contributed by atoms with van der Waals surface area (Å²) in [5.41, 5.74) is 3.64. The molecule has 29 heavy (non-hydrogen) atoms. The third kappa shape index (κ3) is 5.47. The monoisotopic (exact) mass is 414 g/mol. The van der Waals surface area contributed by atoms with E-state index in [9.17, 15) is 14.4 Å². The second kappa shape index (κ2) is 8.95. The number of anilines is 1. The van der Waals surface area contributed by atoms with Crippen molar-refractivity contribution in [1.29, 1.82) is 0 Å². The summed E-state index contributed by atoms with van der Waals surface area (Å²) in [7, 11) is 1.50. The number of ether oxygens (including phenoxy) is 1. The predicted molar refractivity (Wildman–Crippen MR) is 110 cm³/mol. The summed E-state index contributed by atoms with van der Waals surface area (Å²) in [4.78, 5) is 40.2. The van der Waals surface area contributed by atoms with E-state index in [2.05, 4.69) is 15.4 Å². The Balaban J connectivity index is 1.52. The standard InChI is InChI=1S/C20H22N4O4S/c1-12-4-5-13(2)16(8-12)22-17(25)9-18-21-14(11-29-18)10-28-20(27)15-6-7-19(26)24(3)23-15/h4-5,8,11H,6-7,9-10H2,1-3H3,(H,22,25). The summed E-state index contributed by atoms with van der Waals surface area (Å²) in [5, 5.41) is 10.4. The smallest absolute Gasteiger partial charge is 0.354 e. The van der Waals surface area contributed by atoms with Gasteiger partial charge in [-0.2, -0.15) is 5.10 Å². The third-order valence-corrected chi connectivity index (χ3v) is 5.27. The van der Waals surface area contributed by atoms with Crippen LogP contribution in [0.15, 0.2) is 28.7 Å². The van der Waals surface area contributed by atoms with Crippen molar-refractivity contribution >= 4 is 40.5 Å². The molecule has 0 spiro atoms. The Morgan fingerprint density at radius 3 is 2.83 bits per heavy atom. The van der Waals surface area contributed by atoms with Crippen LogP contribution in [-0.4, -0.2) is 40.5 Å². The van der Waals surface area contributed by atoms with Crippen molar-refractivity contribution in [1.82, 2.24) is 9.99 Å². The second-order valence-electron chi connectivity index (χ2n) is 6.82. The minimum atomic E-state index is -0.563. The second-order valence-corrected chi connectivity index (χ2v) is 7.76. The van der Waals surface area contributed by atoms with Crippen molar-refractivity contribution in [3.63, 3.8) is 0 Å². The van der Waals surface area contributed by atoms with Crippen molar-refractivity contribution < 1.29 is 19.1 Å². The van der Waals surface area contributed by atoms with E-state index in [-0.39, 0.29) is 43.4 Å². The average molecular weight is 414 g/mol. The van der Waals surface area contributed by atoms with Crippen molar-refractivity contribution in [2.24, 2.45) is 5.10 Å². The van der Waals surface area contributed by atoms with E-state index < -0.39 is 5.97 Å². The van der Waals surface area contributed by atoms with Gasteiger partial charge in [-0.3, -0.25) is 9.59 Å². The molecule has 1 aliphatic heterocycles. The molecule has 0 fully saturated rings. The highest BCUT2D eigenvalue weighted by Crippen LogP contribution is 2.18. The van der Waals surface area contributed by atoms with E-state index in [1.165, 1.54) is 18.4 Å². The zero-order valence-corrected chi connectivity index (χ0v) is 17.3. The van der Waals surface area contributed by atoms with Crippen molar-refractivity contribution in [3.05, 3.63) is 45.4 Å². The Hall–Kier alpha value is -3.07. The first-order chi connectivity index (χ1) is 13.8. The Morgan fingerprint density at radius 1 is 1.28 bits per heavy atom. The molecule has 2 amide bonds. The topological polar surface area (TPSA) is 101 Å². The van der Waals surface area contributed by atoms with Gasteiger partial charge in [-0.1, -0.05) is 12.1 Å². The number of hydrogen-bond donors (Lipinski definition) is 1. The Labute approximate surface area is 172 Å². The van der Waals surface area contributed by atoms with Gasteiger partial charge in [-0.05, 0) is 31.0 Å².